The molecule has 0 aliphatic carbocycles. The van der Waals surface area contributed by atoms with Crippen LogP contribution in [0.5, 0.6) is 0 Å². The number of amides is 1. The summed E-state index contributed by atoms with van der Waals surface area (Å²) in [5, 5.41) is 11.0. The second-order valence-electron chi connectivity index (χ2n) is 4.89. The minimum absolute atomic E-state index is 0.127. The summed E-state index contributed by atoms with van der Waals surface area (Å²) in [6.45, 7) is 1.75. The predicted octanol–water partition coefficient (Wildman–Crippen LogP) is 3.35. The molecule has 0 saturated carbocycles. The first-order chi connectivity index (χ1) is 11.2. The quantitative estimate of drug-likeness (QED) is 0.762. The van der Waals surface area contributed by atoms with E-state index in [0.29, 0.717) is 10.1 Å². The number of aromatic nitrogens is 4. The van der Waals surface area contributed by atoms with Crippen molar-refractivity contribution >= 4 is 39.6 Å². The minimum atomic E-state index is -4.52. The lowest BCUT2D eigenvalue weighted by Crippen LogP contribution is -2.14. The van der Waals surface area contributed by atoms with Gasteiger partial charge in [-0.15, -0.1) is 10.2 Å². The zero-order valence-electron chi connectivity index (χ0n) is 12.1. The van der Waals surface area contributed by atoms with Crippen molar-refractivity contribution in [2.24, 2.45) is 0 Å². The third-order valence-electron chi connectivity index (χ3n) is 3.00. The van der Waals surface area contributed by atoms with E-state index in [9.17, 15) is 18.0 Å². The lowest BCUT2D eigenvalue weighted by molar-refractivity contribution is -0.137. The van der Waals surface area contributed by atoms with Gasteiger partial charge < -0.3 is 9.72 Å². The van der Waals surface area contributed by atoms with E-state index in [1.807, 2.05) is 0 Å². The van der Waals surface area contributed by atoms with E-state index in [2.05, 4.69) is 20.5 Å². The number of fused-ring (bicyclic) bond motifs is 1. The van der Waals surface area contributed by atoms with Crippen molar-refractivity contribution in [3.05, 3.63) is 39.7 Å². The highest BCUT2D eigenvalue weighted by Crippen LogP contribution is 2.32. The molecule has 3 aromatic rings. The fourth-order valence-electron chi connectivity index (χ4n) is 2.02. The zero-order valence-corrected chi connectivity index (χ0v) is 13.6. The molecule has 0 radical (unpaired) electrons. The number of alkyl halides is 3. The number of carbonyl (C=O) groups is 1. The van der Waals surface area contributed by atoms with Gasteiger partial charge in [0.15, 0.2) is 5.65 Å². The Labute approximate surface area is 142 Å². The molecule has 0 aliphatic heterocycles. The molecule has 0 unspecified atom stereocenters. The van der Waals surface area contributed by atoms with E-state index in [-0.39, 0.29) is 22.8 Å². The van der Waals surface area contributed by atoms with Crippen LogP contribution in [0.1, 0.15) is 16.3 Å². The van der Waals surface area contributed by atoms with Gasteiger partial charge >= 0.3 is 6.18 Å². The fraction of sp³-hybridized carbons (Fsp3) is 0.231. The number of carbonyl (C=O) groups excluding carboxylic acids is 1. The summed E-state index contributed by atoms with van der Waals surface area (Å²) < 4.78 is 39.5. The van der Waals surface area contributed by atoms with Crippen LogP contribution in [0.3, 0.4) is 0 Å². The van der Waals surface area contributed by atoms with Crippen LogP contribution < -0.4 is 5.32 Å². The number of nitrogens with zero attached hydrogens (tertiary/aromatic N) is 4. The Morgan fingerprint density at radius 2 is 2.12 bits per heavy atom. The molecule has 0 atom stereocenters. The van der Waals surface area contributed by atoms with Gasteiger partial charge in [0.1, 0.15) is 5.01 Å². The molecule has 3 heterocycles. The van der Waals surface area contributed by atoms with Gasteiger partial charge in [0, 0.05) is 12.4 Å². The maximum absolute atomic E-state index is 12.8. The number of imidazole rings is 1. The van der Waals surface area contributed by atoms with Gasteiger partial charge in [-0.2, -0.15) is 13.2 Å². The lowest BCUT2D eigenvalue weighted by atomic mass is 10.3. The first-order valence-corrected chi connectivity index (χ1v) is 7.76. The molecule has 1 N–H and O–H groups in total. The number of halogens is 4. The summed E-state index contributed by atoms with van der Waals surface area (Å²) >= 11 is 7.06. The van der Waals surface area contributed by atoms with E-state index >= 15 is 0 Å². The molecule has 0 spiro atoms. The Hall–Kier alpha value is -2.20. The first-order valence-electron chi connectivity index (χ1n) is 6.56. The zero-order chi connectivity index (χ0) is 17.5. The molecule has 3 rings (SSSR count). The minimum Gasteiger partial charge on any atom is -0.305 e. The second kappa shape index (κ2) is 6.02. The van der Waals surface area contributed by atoms with Gasteiger partial charge in [-0.1, -0.05) is 22.9 Å². The first kappa shape index (κ1) is 16.7. The van der Waals surface area contributed by atoms with Crippen LogP contribution in [-0.2, 0) is 17.4 Å². The Bertz CT molecular complexity index is 920. The van der Waals surface area contributed by atoms with Crippen molar-refractivity contribution < 1.29 is 18.0 Å². The van der Waals surface area contributed by atoms with Gasteiger partial charge in [-0.05, 0) is 13.0 Å². The van der Waals surface area contributed by atoms with Gasteiger partial charge in [0.25, 0.3) is 0 Å². The molecule has 3 aromatic heterocycles. The summed E-state index contributed by atoms with van der Waals surface area (Å²) in [4.78, 5) is 16.0. The molecule has 1 amide bonds. The average Bonchev–Trinajstić information content (AvgIpc) is 3.04. The van der Waals surface area contributed by atoms with Gasteiger partial charge in [-0.25, -0.2) is 4.98 Å². The maximum atomic E-state index is 12.8. The molecule has 0 aromatic carbocycles. The molecule has 0 bridgehead atoms. The van der Waals surface area contributed by atoms with Crippen molar-refractivity contribution in [2.75, 3.05) is 5.32 Å². The number of nitrogens with one attached hydrogen (secondary N) is 1. The van der Waals surface area contributed by atoms with Crippen molar-refractivity contribution in [1.29, 1.82) is 0 Å². The Kier molecular flexibility index (Phi) is 4.18. The summed E-state index contributed by atoms with van der Waals surface area (Å²) in [6.07, 6.45) is -2.43. The average molecular weight is 376 g/mol. The molecule has 126 valence electrons. The highest BCUT2D eigenvalue weighted by Gasteiger charge is 2.32. The standard InChI is InChI=1S/C13H9ClF3N5OS/c1-6-20-21-12(24-6)19-10(23)3-8-5-22-4-7(13(15,16)17)2-9(14)11(22)18-8/h2,4-5H,3H2,1H3,(H,19,21,23). The van der Waals surface area contributed by atoms with Crippen LogP contribution in [-0.4, -0.2) is 25.5 Å². The molecule has 24 heavy (non-hydrogen) atoms. The van der Waals surface area contributed by atoms with Crippen LogP contribution >= 0.6 is 22.9 Å². The highest BCUT2D eigenvalue weighted by atomic mass is 35.5. The number of hydrogen-bond donors (Lipinski definition) is 1. The van der Waals surface area contributed by atoms with E-state index in [1.165, 1.54) is 17.5 Å². The van der Waals surface area contributed by atoms with Crippen LogP contribution in [0.4, 0.5) is 18.3 Å². The van der Waals surface area contributed by atoms with Crippen LogP contribution in [0.2, 0.25) is 5.02 Å². The third kappa shape index (κ3) is 3.49. The van der Waals surface area contributed by atoms with Gasteiger partial charge in [-0.3, -0.25) is 4.79 Å². The van der Waals surface area contributed by atoms with Crippen molar-refractivity contribution in [3.8, 4) is 0 Å². The van der Waals surface area contributed by atoms with Crippen LogP contribution in [0.15, 0.2) is 18.5 Å². The molecule has 0 saturated heterocycles. The molecule has 11 heteroatoms. The molecule has 6 nitrogen and oxygen atoms in total. The fourth-order valence-corrected chi connectivity index (χ4v) is 2.89. The van der Waals surface area contributed by atoms with Crippen molar-refractivity contribution in [1.82, 2.24) is 19.6 Å². The number of anilines is 1. The van der Waals surface area contributed by atoms with E-state index in [4.69, 9.17) is 11.6 Å². The molecule has 0 fully saturated rings. The SMILES string of the molecule is Cc1nnc(NC(=O)Cc2cn3cc(C(F)(F)F)cc(Cl)c3n2)s1. The summed E-state index contributed by atoms with van der Waals surface area (Å²) in [6, 6.07) is 0.803. The molecular formula is C13H9ClF3N5OS. The number of pyridine rings is 1. The summed E-state index contributed by atoms with van der Waals surface area (Å²) in [5.41, 5.74) is -0.452. The summed E-state index contributed by atoms with van der Waals surface area (Å²) in [7, 11) is 0. The maximum Gasteiger partial charge on any atom is 0.417 e. The monoisotopic (exact) mass is 375 g/mol. The second-order valence-corrected chi connectivity index (χ2v) is 6.48. The normalized spacial score (nSPS) is 11.9. The smallest absolute Gasteiger partial charge is 0.305 e. The number of aryl methyl sites for hydroxylation is 1. The number of rotatable bonds is 3. The van der Waals surface area contributed by atoms with Crippen LogP contribution in [0, 0.1) is 6.92 Å². The Morgan fingerprint density at radius 1 is 1.38 bits per heavy atom. The van der Waals surface area contributed by atoms with Gasteiger partial charge in [0.05, 0.1) is 22.7 Å². The van der Waals surface area contributed by atoms with Gasteiger partial charge in [0.2, 0.25) is 11.0 Å². The third-order valence-corrected chi connectivity index (χ3v) is 4.03. The Balaban J connectivity index is 1.83. The molecular weight excluding hydrogens is 367 g/mol. The van der Waals surface area contributed by atoms with E-state index in [0.717, 1.165) is 16.7 Å². The molecule has 0 aliphatic rings. The highest BCUT2D eigenvalue weighted by molar-refractivity contribution is 7.15. The summed E-state index contributed by atoms with van der Waals surface area (Å²) in [5.74, 6) is -0.401. The van der Waals surface area contributed by atoms with Crippen molar-refractivity contribution in [2.45, 2.75) is 19.5 Å². The predicted molar refractivity (Wildman–Crippen MR) is 82.2 cm³/mol. The van der Waals surface area contributed by atoms with Crippen molar-refractivity contribution in [3.63, 3.8) is 0 Å². The van der Waals surface area contributed by atoms with E-state index < -0.39 is 17.6 Å². The number of hydrogen-bond acceptors (Lipinski definition) is 5. The largest absolute Gasteiger partial charge is 0.417 e. The van der Waals surface area contributed by atoms with Crippen LogP contribution in [0.25, 0.3) is 5.65 Å². The van der Waals surface area contributed by atoms with E-state index in [1.54, 1.807) is 6.92 Å². The Morgan fingerprint density at radius 3 is 2.75 bits per heavy atom. The topological polar surface area (TPSA) is 72.2 Å². The lowest BCUT2D eigenvalue weighted by Gasteiger charge is -2.07.